The number of nitrogens with zero attached hydrogens (tertiary/aromatic N) is 6. The molecule has 0 unspecified atom stereocenters. The van der Waals surface area contributed by atoms with E-state index in [4.69, 9.17) is 0 Å². The SMILES string of the molecule is Oc1ccccc1C=NNc1nc(NN=Cc2ccccc2O)nc(NN=Cc2ccccc2O)n1. The van der Waals surface area contributed by atoms with Gasteiger partial charge in [0.1, 0.15) is 17.2 Å². The minimum Gasteiger partial charge on any atom is -0.507 e. The van der Waals surface area contributed by atoms with Crippen LogP contribution in [0, 0.1) is 0 Å². The van der Waals surface area contributed by atoms with Crippen LogP contribution in [0.15, 0.2) is 88.1 Å². The van der Waals surface area contributed by atoms with Crippen molar-refractivity contribution in [3.05, 3.63) is 89.5 Å². The van der Waals surface area contributed by atoms with Gasteiger partial charge in [-0.15, -0.1) is 0 Å². The van der Waals surface area contributed by atoms with Crippen molar-refractivity contribution in [2.24, 2.45) is 15.3 Å². The Labute approximate surface area is 205 Å². The number of hydrazone groups is 3. The van der Waals surface area contributed by atoms with Gasteiger partial charge in [0.05, 0.1) is 18.6 Å². The number of hydrogen-bond donors (Lipinski definition) is 6. The largest absolute Gasteiger partial charge is 0.507 e. The molecule has 1 aromatic heterocycles. The Morgan fingerprint density at radius 1 is 0.472 bits per heavy atom. The summed E-state index contributed by atoms with van der Waals surface area (Å²) in [5.74, 6) is 0.368. The third-order valence-corrected chi connectivity index (χ3v) is 4.55. The van der Waals surface area contributed by atoms with Gasteiger partial charge in [0.15, 0.2) is 0 Å². The number of anilines is 3. The van der Waals surface area contributed by atoms with E-state index in [0.717, 1.165) is 0 Å². The molecule has 12 heteroatoms. The summed E-state index contributed by atoms with van der Waals surface area (Å²) in [4.78, 5) is 12.6. The van der Waals surface area contributed by atoms with Crippen molar-refractivity contribution in [1.82, 2.24) is 15.0 Å². The second-order valence-corrected chi connectivity index (χ2v) is 7.09. The summed E-state index contributed by atoms with van der Waals surface area (Å²) in [6, 6.07) is 20.1. The minimum absolute atomic E-state index is 0.0530. The van der Waals surface area contributed by atoms with Gasteiger partial charge in [-0.2, -0.15) is 30.3 Å². The van der Waals surface area contributed by atoms with Gasteiger partial charge in [-0.05, 0) is 36.4 Å². The molecule has 1 heterocycles. The van der Waals surface area contributed by atoms with Crippen LogP contribution < -0.4 is 16.3 Å². The maximum absolute atomic E-state index is 9.87. The molecule has 36 heavy (non-hydrogen) atoms. The Morgan fingerprint density at radius 3 is 1.03 bits per heavy atom. The van der Waals surface area contributed by atoms with Crippen molar-refractivity contribution >= 4 is 36.5 Å². The van der Waals surface area contributed by atoms with Gasteiger partial charge in [-0.25, -0.2) is 16.3 Å². The number of nitrogens with one attached hydrogen (secondary N) is 3. The van der Waals surface area contributed by atoms with E-state index in [-0.39, 0.29) is 35.1 Å². The molecule has 0 aliphatic rings. The summed E-state index contributed by atoms with van der Waals surface area (Å²) in [6.07, 6.45) is 4.23. The Kier molecular flexibility index (Phi) is 7.59. The molecular formula is C24H21N9O3. The number of para-hydroxylation sites is 3. The van der Waals surface area contributed by atoms with E-state index < -0.39 is 0 Å². The van der Waals surface area contributed by atoms with Crippen LogP contribution in [-0.4, -0.2) is 48.9 Å². The molecule has 180 valence electrons. The van der Waals surface area contributed by atoms with Gasteiger partial charge in [0.25, 0.3) is 0 Å². The number of phenolic OH excluding ortho intramolecular Hbond substituents is 3. The third-order valence-electron chi connectivity index (χ3n) is 4.55. The maximum atomic E-state index is 9.87. The molecule has 0 aliphatic heterocycles. The third kappa shape index (κ3) is 6.51. The predicted molar refractivity (Wildman–Crippen MR) is 138 cm³/mol. The van der Waals surface area contributed by atoms with E-state index in [1.807, 2.05) is 0 Å². The summed E-state index contributed by atoms with van der Waals surface area (Å²) in [6.45, 7) is 0. The molecule has 0 amide bonds. The van der Waals surface area contributed by atoms with E-state index in [9.17, 15) is 15.3 Å². The van der Waals surface area contributed by atoms with Crippen LogP contribution in [0.25, 0.3) is 0 Å². The average molecular weight is 483 g/mol. The van der Waals surface area contributed by atoms with Gasteiger partial charge in [-0.3, -0.25) is 0 Å². The topological polar surface area (TPSA) is 173 Å². The molecule has 3 aromatic carbocycles. The fourth-order valence-corrected chi connectivity index (χ4v) is 2.79. The van der Waals surface area contributed by atoms with Crippen molar-refractivity contribution in [3.63, 3.8) is 0 Å². The van der Waals surface area contributed by atoms with Crippen LogP contribution in [0.5, 0.6) is 17.2 Å². The van der Waals surface area contributed by atoms with Crippen LogP contribution in [0.4, 0.5) is 17.8 Å². The van der Waals surface area contributed by atoms with Gasteiger partial charge < -0.3 is 15.3 Å². The zero-order chi connectivity index (χ0) is 25.2. The van der Waals surface area contributed by atoms with E-state index >= 15 is 0 Å². The normalized spacial score (nSPS) is 11.3. The number of phenols is 3. The molecule has 4 rings (SSSR count). The molecule has 0 radical (unpaired) electrons. The molecule has 6 N–H and O–H groups in total. The Morgan fingerprint density at radius 2 is 0.750 bits per heavy atom. The first-order valence-corrected chi connectivity index (χ1v) is 10.6. The smallest absolute Gasteiger partial charge is 0.250 e. The molecular weight excluding hydrogens is 462 g/mol. The lowest BCUT2D eigenvalue weighted by atomic mass is 10.2. The highest BCUT2D eigenvalue weighted by Gasteiger charge is 2.06. The van der Waals surface area contributed by atoms with Gasteiger partial charge in [0, 0.05) is 16.7 Å². The zero-order valence-corrected chi connectivity index (χ0v) is 18.7. The molecule has 0 saturated heterocycles. The highest BCUT2D eigenvalue weighted by Crippen LogP contribution is 2.16. The molecule has 0 bridgehead atoms. The minimum atomic E-state index is 0.0530. The fraction of sp³-hybridized carbons (Fsp3) is 0. The lowest BCUT2D eigenvalue weighted by molar-refractivity contribution is 0.474. The molecule has 0 aliphatic carbocycles. The quantitative estimate of drug-likeness (QED) is 0.154. The van der Waals surface area contributed by atoms with Crippen LogP contribution in [0.3, 0.4) is 0 Å². The highest BCUT2D eigenvalue weighted by molar-refractivity contribution is 5.84. The maximum Gasteiger partial charge on any atom is 0.250 e. The second kappa shape index (κ2) is 11.6. The molecule has 0 atom stereocenters. The van der Waals surface area contributed by atoms with Crippen molar-refractivity contribution in [3.8, 4) is 17.2 Å². The lowest BCUT2D eigenvalue weighted by Gasteiger charge is -2.06. The van der Waals surface area contributed by atoms with Crippen molar-refractivity contribution in [2.45, 2.75) is 0 Å². The number of aromatic nitrogens is 3. The number of aromatic hydroxyl groups is 3. The Hall–Kier alpha value is -5.52. The van der Waals surface area contributed by atoms with Crippen LogP contribution >= 0.6 is 0 Å². The van der Waals surface area contributed by atoms with Gasteiger partial charge in [0.2, 0.25) is 17.8 Å². The van der Waals surface area contributed by atoms with E-state index in [1.54, 1.807) is 72.8 Å². The van der Waals surface area contributed by atoms with E-state index in [2.05, 4.69) is 46.5 Å². The first kappa shape index (κ1) is 23.6. The fourth-order valence-electron chi connectivity index (χ4n) is 2.79. The lowest BCUT2D eigenvalue weighted by Crippen LogP contribution is -2.07. The number of rotatable bonds is 9. The second-order valence-electron chi connectivity index (χ2n) is 7.09. The summed E-state index contributed by atoms with van der Waals surface area (Å²) in [7, 11) is 0. The summed E-state index contributed by atoms with van der Waals surface area (Å²) >= 11 is 0. The van der Waals surface area contributed by atoms with Gasteiger partial charge >= 0.3 is 0 Å². The first-order chi connectivity index (χ1) is 17.6. The molecule has 12 nitrogen and oxygen atoms in total. The number of benzene rings is 3. The molecule has 0 spiro atoms. The monoisotopic (exact) mass is 483 g/mol. The highest BCUT2D eigenvalue weighted by atomic mass is 16.3. The molecule has 4 aromatic rings. The Bertz CT molecular complexity index is 1240. The van der Waals surface area contributed by atoms with Gasteiger partial charge in [-0.1, -0.05) is 36.4 Å². The molecule has 0 saturated carbocycles. The summed E-state index contributed by atoms with van der Waals surface area (Å²) in [5, 5.41) is 41.8. The standard InChI is InChI=1S/C24H21N9O3/c34-19-10-4-1-7-16(19)13-25-31-22-28-23(32-26-14-17-8-2-5-11-20(17)35)30-24(29-22)33-27-15-18-9-3-6-12-21(18)36/h1-15,34-36H,(H3,28,29,30,31,32,33). The summed E-state index contributed by atoms with van der Waals surface area (Å²) in [5.41, 5.74) is 9.49. The van der Waals surface area contributed by atoms with Crippen molar-refractivity contribution in [1.29, 1.82) is 0 Å². The van der Waals surface area contributed by atoms with E-state index in [1.165, 1.54) is 18.6 Å². The van der Waals surface area contributed by atoms with Crippen molar-refractivity contribution < 1.29 is 15.3 Å². The van der Waals surface area contributed by atoms with Crippen LogP contribution in [0.1, 0.15) is 16.7 Å². The summed E-state index contributed by atoms with van der Waals surface area (Å²) < 4.78 is 0. The van der Waals surface area contributed by atoms with Crippen LogP contribution in [0.2, 0.25) is 0 Å². The molecule has 0 fully saturated rings. The zero-order valence-electron chi connectivity index (χ0n) is 18.7. The first-order valence-electron chi connectivity index (χ1n) is 10.6. The average Bonchev–Trinajstić information content (AvgIpc) is 2.87. The predicted octanol–water partition coefficient (Wildman–Crippen LogP) is 3.33. The van der Waals surface area contributed by atoms with E-state index in [0.29, 0.717) is 16.7 Å². The number of hydrogen-bond acceptors (Lipinski definition) is 12. The Balaban J connectivity index is 1.53. The van der Waals surface area contributed by atoms with Crippen LogP contribution in [-0.2, 0) is 0 Å². The van der Waals surface area contributed by atoms with Crippen molar-refractivity contribution in [2.75, 3.05) is 16.3 Å².